The van der Waals surface area contributed by atoms with E-state index in [2.05, 4.69) is 20.2 Å². The van der Waals surface area contributed by atoms with Crippen LogP contribution in [0.15, 0.2) is 22.7 Å². The fourth-order valence-electron chi connectivity index (χ4n) is 2.09. The average molecular weight is 258 g/mol. The third-order valence-electron chi connectivity index (χ3n) is 2.98. The molecule has 0 saturated heterocycles. The Labute approximate surface area is 109 Å². The van der Waals surface area contributed by atoms with E-state index >= 15 is 0 Å². The third-order valence-corrected chi connectivity index (χ3v) is 2.98. The lowest BCUT2D eigenvalue weighted by Crippen LogP contribution is -1.99. The van der Waals surface area contributed by atoms with E-state index in [1.54, 1.807) is 12.3 Å². The standard InChI is InChI=1S/C13H14N4O2/c1-8-15-12(11-6-14-17-13(11)16-8)5-4-9-2-3-10(7-18)19-9/h2-3,6,18H,4-5,7H2,1H3,(H,14,15,16,17). The van der Waals surface area contributed by atoms with Crippen LogP contribution in [0.1, 0.15) is 23.0 Å². The van der Waals surface area contributed by atoms with Crippen molar-refractivity contribution in [2.75, 3.05) is 0 Å². The monoisotopic (exact) mass is 258 g/mol. The summed E-state index contributed by atoms with van der Waals surface area (Å²) in [6.45, 7) is 1.79. The maximum Gasteiger partial charge on any atom is 0.159 e. The van der Waals surface area contributed by atoms with Crippen LogP contribution in [0, 0.1) is 6.92 Å². The van der Waals surface area contributed by atoms with Crippen molar-refractivity contribution in [3.63, 3.8) is 0 Å². The second kappa shape index (κ2) is 4.81. The van der Waals surface area contributed by atoms with Crippen LogP contribution in [-0.4, -0.2) is 25.3 Å². The minimum absolute atomic E-state index is 0.0708. The number of hydrogen-bond acceptors (Lipinski definition) is 5. The Morgan fingerprint density at radius 3 is 2.84 bits per heavy atom. The van der Waals surface area contributed by atoms with Crippen LogP contribution in [0.3, 0.4) is 0 Å². The van der Waals surface area contributed by atoms with Gasteiger partial charge in [0.15, 0.2) is 5.65 Å². The molecular weight excluding hydrogens is 244 g/mol. The van der Waals surface area contributed by atoms with E-state index in [0.717, 1.165) is 41.2 Å². The number of aromatic nitrogens is 4. The largest absolute Gasteiger partial charge is 0.464 e. The maximum atomic E-state index is 8.96. The summed E-state index contributed by atoms with van der Waals surface area (Å²) < 4.78 is 5.46. The number of aliphatic hydroxyl groups is 1. The molecule has 3 heterocycles. The molecule has 0 fully saturated rings. The number of nitrogens with one attached hydrogen (secondary N) is 1. The van der Waals surface area contributed by atoms with Crippen LogP contribution in [-0.2, 0) is 19.4 Å². The van der Waals surface area contributed by atoms with Gasteiger partial charge in [-0.3, -0.25) is 5.10 Å². The Balaban J connectivity index is 1.83. The van der Waals surface area contributed by atoms with Crippen molar-refractivity contribution in [1.82, 2.24) is 20.2 Å². The first-order valence-electron chi connectivity index (χ1n) is 6.11. The number of hydrogen-bond donors (Lipinski definition) is 2. The SMILES string of the molecule is Cc1nc(CCc2ccc(CO)o2)c2cn[nH]c2n1. The van der Waals surface area contributed by atoms with Crippen LogP contribution in [0.4, 0.5) is 0 Å². The highest BCUT2D eigenvalue weighted by atomic mass is 16.4. The number of aryl methyl sites for hydroxylation is 3. The van der Waals surface area contributed by atoms with Gasteiger partial charge in [-0.05, 0) is 25.5 Å². The minimum Gasteiger partial charge on any atom is -0.464 e. The minimum atomic E-state index is -0.0708. The van der Waals surface area contributed by atoms with Crippen molar-refractivity contribution in [3.05, 3.63) is 41.4 Å². The molecule has 19 heavy (non-hydrogen) atoms. The van der Waals surface area contributed by atoms with Gasteiger partial charge in [-0.25, -0.2) is 9.97 Å². The number of aromatic amines is 1. The highest BCUT2D eigenvalue weighted by Crippen LogP contribution is 2.16. The Hall–Kier alpha value is -2.21. The molecule has 3 aromatic rings. The molecule has 0 amide bonds. The van der Waals surface area contributed by atoms with Crippen molar-refractivity contribution in [1.29, 1.82) is 0 Å². The predicted molar refractivity (Wildman–Crippen MR) is 68.5 cm³/mol. The fraction of sp³-hybridized carbons (Fsp3) is 0.308. The number of rotatable bonds is 4. The van der Waals surface area contributed by atoms with Gasteiger partial charge in [-0.2, -0.15) is 5.10 Å². The van der Waals surface area contributed by atoms with Gasteiger partial charge in [0.25, 0.3) is 0 Å². The first-order valence-corrected chi connectivity index (χ1v) is 6.11. The van der Waals surface area contributed by atoms with Crippen LogP contribution in [0.5, 0.6) is 0 Å². The average Bonchev–Trinajstić information content (AvgIpc) is 3.03. The lowest BCUT2D eigenvalue weighted by atomic mass is 10.1. The molecule has 3 rings (SSSR count). The molecular formula is C13H14N4O2. The van der Waals surface area contributed by atoms with Crippen LogP contribution in [0.2, 0.25) is 0 Å². The zero-order valence-electron chi connectivity index (χ0n) is 10.6. The summed E-state index contributed by atoms with van der Waals surface area (Å²) in [5.41, 5.74) is 1.72. The summed E-state index contributed by atoms with van der Waals surface area (Å²) in [6, 6.07) is 3.67. The molecule has 0 saturated carbocycles. The quantitative estimate of drug-likeness (QED) is 0.741. The fourth-order valence-corrected chi connectivity index (χ4v) is 2.09. The normalized spacial score (nSPS) is 11.3. The number of fused-ring (bicyclic) bond motifs is 1. The van der Waals surface area contributed by atoms with Gasteiger partial charge in [-0.15, -0.1) is 0 Å². The smallest absolute Gasteiger partial charge is 0.159 e. The second-order valence-corrected chi connectivity index (χ2v) is 4.38. The van der Waals surface area contributed by atoms with Gasteiger partial charge in [-0.1, -0.05) is 0 Å². The molecule has 0 radical (unpaired) electrons. The number of aliphatic hydroxyl groups excluding tert-OH is 1. The van der Waals surface area contributed by atoms with Crippen molar-refractivity contribution >= 4 is 11.0 Å². The maximum absolute atomic E-state index is 8.96. The van der Waals surface area contributed by atoms with Crippen molar-refractivity contribution in [2.45, 2.75) is 26.4 Å². The number of nitrogens with zero attached hydrogens (tertiary/aromatic N) is 3. The molecule has 0 aromatic carbocycles. The molecule has 0 unspecified atom stereocenters. The van der Waals surface area contributed by atoms with E-state index in [0.29, 0.717) is 5.76 Å². The summed E-state index contributed by atoms with van der Waals surface area (Å²) in [5.74, 6) is 2.15. The zero-order chi connectivity index (χ0) is 13.2. The van der Waals surface area contributed by atoms with Gasteiger partial charge < -0.3 is 9.52 Å². The lowest BCUT2D eigenvalue weighted by molar-refractivity contribution is 0.243. The second-order valence-electron chi connectivity index (χ2n) is 4.38. The first-order chi connectivity index (χ1) is 9.26. The molecule has 0 aliphatic heterocycles. The lowest BCUT2D eigenvalue weighted by Gasteiger charge is -2.02. The van der Waals surface area contributed by atoms with Gasteiger partial charge in [0.05, 0.1) is 17.3 Å². The molecule has 98 valence electrons. The summed E-state index contributed by atoms with van der Waals surface area (Å²) >= 11 is 0. The van der Waals surface area contributed by atoms with Gasteiger partial charge in [0.1, 0.15) is 24.0 Å². The van der Waals surface area contributed by atoms with Crippen molar-refractivity contribution < 1.29 is 9.52 Å². The number of H-pyrrole nitrogens is 1. The Bertz CT molecular complexity index is 702. The summed E-state index contributed by atoms with van der Waals surface area (Å²) in [6.07, 6.45) is 3.22. The molecule has 2 N–H and O–H groups in total. The molecule has 0 aliphatic carbocycles. The van der Waals surface area contributed by atoms with E-state index in [9.17, 15) is 0 Å². The number of furan rings is 1. The van der Waals surface area contributed by atoms with E-state index in [1.807, 2.05) is 13.0 Å². The van der Waals surface area contributed by atoms with Gasteiger partial charge >= 0.3 is 0 Å². The Kier molecular flexibility index (Phi) is 3.00. The summed E-state index contributed by atoms with van der Waals surface area (Å²) in [7, 11) is 0. The van der Waals surface area contributed by atoms with Gasteiger partial charge in [0, 0.05) is 6.42 Å². The first kappa shape index (κ1) is 11.9. The highest BCUT2D eigenvalue weighted by molar-refractivity contribution is 5.76. The van der Waals surface area contributed by atoms with Crippen molar-refractivity contribution in [3.8, 4) is 0 Å². The molecule has 3 aromatic heterocycles. The molecule has 6 nitrogen and oxygen atoms in total. The van der Waals surface area contributed by atoms with Gasteiger partial charge in [0.2, 0.25) is 0 Å². The van der Waals surface area contributed by atoms with Crippen LogP contribution >= 0.6 is 0 Å². The molecule has 0 bridgehead atoms. The predicted octanol–water partition coefficient (Wildman–Crippen LogP) is 1.53. The molecule has 0 aliphatic rings. The zero-order valence-corrected chi connectivity index (χ0v) is 10.6. The Morgan fingerprint density at radius 1 is 1.21 bits per heavy atom. The van der Waals surface area contributed by atoms with Crippen LogP contribution in [0.25, 0.3) is 11.0 Å². The topological polar surface area (TPSA) is 87.8 Å². The molecule has 6 heteroatoms. The van der Waals surface area contributed by atoms with E-state index in [4.69, 9.17) is 9.52 Å². The molecule has 0 spiro atoms. The Morgan fingerprint density at radius 2 is 2.05 bits per heavy atom. The molecule has 0 atom stereocenters. The van der Waals surface area contributed by atoms with E-state index in [1.165, 1.54) is 0 Å². The summed E-state index contributed by atoms with van der Waals surface area (Å²) in [4.78, 5) is 8.74. The highest BCUT2D eigenvalue weighted by Gasteiger charge is 2.09. The van der Waals surface area contributed by atoms with E-state index in [-0.39, 0.29) is 6.61 Å². The van der Waals surface area contributed by atoms with E-state index < -0.39 is 0 Å². The summed E-state index contributed by atoms with van der Waals surface area (Å²) in [5, 5.41) is 16.7. The third kappa shape index (κ3) is 2.34. The van der Waals surface area contributed by atoms with Crippen molar-refractivity contribution in [2.24, 2.45) is 0 Å². The van der Waals surface area contributed by atoms with Crippen LogP contribution < -0.4 is 0 Å².